The molecule has 0 spiro atoms. The lowest BCUT2D eigenvalue weighted by atomic mass is 10.2. The van der Waals surface area contributed by atoms with Gasteiger partial charge in [-0.3, -0.25) is 0 Å². The van der Waals surface area contributed by atoms with Crippen LogP contribution in [0.5, 0.6) is 0 Å². The van der Waals surface area contributed by atoms with Gasteiger partial charge < -0.3 is 15.0 Å². The van der Waals surface area contributed by atoms with E-state index in [0.29, 0.717) is 6.04 Å². The van der Waals surface area contributed by atoms with Crippen molar-refractivity contribution < 1.29 is 4.74 Å². The first-order valence-electron chi connectivity index (χ1n) is 5.61. The summed E-state index contributed by atoms with van der Waals surface area (Å²) in [6.45, 7) is 4.18. The van der Waals surface area contributed by atoms with Crippen LogP contribution in [0.3, 0.4) is 0 Å². The first-order chi connectivity index (χ1) is 7.54. The minimum Gasteiger partial charge on any atom is -0.380 e. The fourth-order valence-electron chi connectivity index (χ4n) is 1.44. The molecule has 0 aromatic heterocycles. The third kappa shape index (κ3) is 3.42. The van der Waals surface area contributed by atoms with Crippen molar-refractivity contribution in [1.82, 2.24) is 0 Å². The minimum atomic E-state index is 0.202. The maximum Gasteiger partial charge on any atom is 0.0741 e. The molecule has 0 aliphatic rings. The molecule has 0 radical (unpaired) electrons. The van der Waals surface area contributed by atoms with E-state index in [0.717, 1.165) is 5.69 Å². The summed E-state index contributed by atoms with van der Waals surface area (Å²) < 4.78 is 5.28. The first-order valence-corrected chi connectivity index (χ1v) is 5.61. The summed E-state index contributed by atoms with van der Waals surface area (Å²) in [5.74, 6) is 0. The number of nitrogens with zero attached hydrogens (tertiary/aromatic N) is 1. The van der Waals surface area contributed by atoms with E-state index in [4.69, 9.17) is 4.74 Å². The van der Waals surface area contributed by atoms with Crippen molar-refractivity contribution in [3.63, 3.8) is 0 Å². The van der Waals surface area contributed by atoms with E-state index in [2.05, 4.69) is 48.3 Å². The largest absolute Gasteiger partial charge is 0.380 e. The van der Waals surface area contributed by atoms with Crippen molar-refractivity contribution in [3.05, 3.63) is 24.3 Å². The molecule has 0 bridgehead atoms. The fourth-order valence-corrected chi connectivity index (χ4v) is 1.44. The summed E-state index contributed by atoms with van der Waals surface area (Å²) in [5, 5.41) is 3.42. The molecule has 3 heteroatoms. The van der Waals surface area contributed by atoms with Crippen LogP contribution in [0.15, 0.2) is 24.3 Å². The van der Waals surface area contributed by atoms with Crippen LogP contribution in [0.4, 0.5) is 11.4 Å². The summed E-state index contributed by atoms with van der Waals surface area (Å²) in [6.07, 6.45) is 0.202. The van der Waals surface area contributed by atoms with E-state index in [1.54, 1.807) is 7.11 Å². The number of nitrogens with one attached hydrogen (secondary N) is 1. The van der Waals surface area contributed by atoms with Gasteiger partial charge in [0.25, 0.3) is 0 Å². The quantitative estimate of drug-likeness (QED) is 0.828. The van der Waals surface area contributed by atoms with Crippen LogP contribution < -0.4 is 10.2 Å². The zero-order valence-electron chi connectivity index (χ0n) is 10.8. The van der Waals surface area contributed by atoms with Gasteiger partial charge in [-0.1, -0.05) is 0 Å². The second-order valence-corrected chi connectivity index (χ2v) is 4.32. The smallest absolute Gasteiger partial charge is 0.0741 e. The SMILES string of the molecule is COC(C)C(C)Nc1ccc(N(C)C)cc1. The molecule has 0 fully saturated rings. The lowest BCUT2D eigenvalue weighted by Crippen LogP contribution is -2.29. The van der Waals surface area contributed by atoms with Crippen LogP contribution in [0.1, 0.15) is 13.8 Å². The van der Waals surface area contributed by atoms with Gasteiger partial charge >= 0.3 is 0 Å². The van der Waals surface area contributed by atoms with Gasteiger partial charge in [0.1, 0.15) is 0 Å². The van der Waals surface area contributed by atoms with Crippen molar-refractivity contribution in [3.8, 4) is 0 Å². The fraction of sp³-hybridized carbons (Fsp3) is 0.538. The van der Waals surface area contributed by atoms with Crippen LogP contribution in [0.2, 0.25) is 0 Å². The predicted molar refractivity (Wildman–Crippen MR) is 70.3 cm³/mol. The molecule has 0 saturated heterocycles. The van der Waals surface area contributed by atoms with Crippen molar-refractivity contribution in [1.29, 1.82) is 0 Å². The third-order valence-corrected chi connectivity index (χ3v) is 2.85. The zero-order valence-corrected chi connectivity index (χ0v) is 10.8. The number of benzene rings is 1. The van der Waals surface area contributed by atoms with Gasteiger partial charge in [-0.05, 0) is 38.1 Å². The van der Waals surface area contributed by atoms with E-state index >= 15 is 0 Å². The maximum absolute atomic E-state index is 5.28. The molecule has 0 saturated carbocycles. The Bertz CT molecular complexity index is 308. The molecule has 0 amide bonds. The van der Waals surface area contributed by atoms with Gasteiger partial charge in [-0.25, -0.2) is 0 Å². The topological polar surface area (TPSA) is 24.5 Å². The van der Waals surface area contributed by atoms with Crippen molar-refractivity contribution in [2.45, 2.75) is 26.0 Å². The molecule has 2 unspecified atom stereocenters. The van der Waals surface area contributed by atoms with Gasteiger partial charge in [-0.15, -0.1) is 0 Å². The van der Waals surface area contributed by atoms with Crippen LogP contribution >= 0.6 is 0 Å². The highest BCUT2D eigenvalue weighted by Crippen LogP contribution is 2.17. The van der Waals surface area contributed by atoms with Gasteiger partial charge in [0.15, 0.2) is 0 Å². The van der Waals surface area contributed by atoms with Crippen LogP contribution in [0, 0.1) is 0 Å². The van der Waals surface area contributed by atoms with Crippen LogP contribution in [-0.2, 0) is 4.74 Å². The van der Waals surface area contributed by atoms with E-state index in [1.165, 1.54) is 5.69 Å². The molecule has 0 aliphatic heterocycles. The number of ether oxygens (including phenoxy) is 1. The average molecular weight is 222 g/mol. The van der Waals surface area contributed by atoms with Crippen molar-refractivity contribution >= 4 is 11.4 Å². The average Bonchev–Trinajstić information content (AvgIpc) is 2.28. The standard InChI is InChI=1S/C13H22N2O/c1-10(11(2)16-5)14-12-6-8-13(9-7-12)15(3)4/h6-11,14H,1-5H3. The predicted octanol–water partition coefficient (Wildman–Crippen LogP) is 2.59. The Labute approximate surface area is 98.4 Å². The summed E-state index contributed by atoms with van der Waals surface area (Å²) in [4.78, 5) is 2.09. The first kappa shape index (κ1) is 12.8. The molecule has 3 nitrogen and oxygen atoms in total. The Morgan fingerprint density at radius 3 is 2.12 bits per heavy atom. The van der Waals surface area contributed by atoms with Crippen LogP contribution in [-0.4, -0.2) is 33.4 Å². The number of anilines is 2. The van der Waals surface area contributed by atoms with Gasteiger partial charge in [-0.2, -0.15) is 0 Å². The second kappa shape index (κ2) is 5.75. The molecule has 16 heavy (non-hydrogen) atoms. The molecule has 1 rings (SSSR count). The summed E-state index contributed by atoms with van der Waals surface area (Å²) >= 11 is 0. The molecule has 1 aromatic carbocycles. The van der Waals surface area contributed by atoms with Gasteiger partial charge in [0.2, 0.25) is 0 Å². The Morgan fingerprint density at radius 1 is 1.12 bits per heavy atom. The molecule has 2 atom stereocenters. The molecule has 1 aromatic rings. The Morgan fingerprint density at radius 2 is 1.69 bits per heavy atom. The molecule has 0 heterocycles. The van der Waals surface area contributed by atoms with Gasteiger partial charge in [0.05, 0.1) is 6.10 Å². The summed E-state index contributed by atoms with van der Waals surface area (Å²) in [5.41, 5.74) is 2.33. The second-order valence-electron chi connectivity index (χ2n) is 4.32. The number of rotatable bonds is 5. The zero-order chi connectivity index (χ0) is 12.1. The monoisotopic (exact) mass is 222 g/mol. The Hall–Kier alpha value is -1.22. The van der Waals surface area contributed by atoms with E-state index in [1.807, 2.05) is 14.1 Å². The maximum atomic E-state index is 5.28. The Kier molecular flexibility index (Phi) is 4.62. The van der Waals surface area contributed by atoms with Gasteiger partial charge in [0, 0.05) is 38.6 Å². The highest BCUT2D eigenvalue weighted by atomic mass is 16.5. The third-order valence-electron chi connectivity index (χ3n) is 2.85. The lowest BCUT2D eigenvalue weighted by molar-refractivity contribution is 0.106. The molecule has 0 aliphatic carbocycles. The number of hydrogen-bond donors (Lipinski definition) is 1. The highest BCUT2D eigenvalue weighted by Gasteiger charge is 2.10. The van der Waals surface area contributed by atoms with E-state index in [9.17, 15) is 0 Å². The van der Waals surface area contributed by atoms with E-state index < -0.39 is 0 Å². The summed E-state index contributed by atoms with van der Waals surface area (Å²) in [6, 6.07) is 8.69. The lowest BCUT2D eigenvalue weighted by Gasteiger charge is -2.21. The number of methoxy groups -OCH3 is 1. The molecule has 90 valence electrons. The number of hydrogen-bond acceptors (Lipinski definition) is 3. The highest BCUT2D eigenvalue weighted by molar-refractivity contribution is 5.54. The normalized spacial score (nSPS) is 14.3. The van der Waals surface area contributed by atoms with Crippen molar-refractivity contribution in [2.75, 3.05) is 31.4 Å². The molecular weight excluding hydrogens is 200 g/mol. The van der Waals surface area contributed by atoms with Crippen molar-refractivity contribution in [2.24, 2.45) is 0 Å². The molecule has 1 N–H and O–H groups in total. The van der Waals surface area contributed by atoms with Crippen LogP contribution in [0.25, 0.3) is 0 Å². The molecular formula is C13H22N2O. The minimum absolute atomic E-state index is 0.202. The van der Waals surface area contributed by atoms with E-state index in [-0.39, 0.29) is 6.10 Å². The Balaban J connectivity index is 2.61. The summed E-state index contributed by atoms with van der Waals surface area (Å²) in [7, 11) is 5.81.